The van der Waals surface area contributed by atoms with E-state index in [-0.39, 0.29) is 23.8 Å². The van der Waals surface area contributed by atoms with Crippen LogP contribution in [0.15, 0.2) is 12.3 Å². The SMILES string of the molecule is CCNC(=O)N(Cc1ncc(C(F)(F)F)cc1Cl)NC(=O)OC(C)(C)C. The zero-order valence-electron chi connectivity index (χ0n) is 14.7. The van der Waals surface area contributed by atoms with Gasteiger partial charge in [-0.1, -0.05) is 11.6 Å². The number of rotatable bonds is 3. The minimum absolute atomic E-state index is 0.0259. The molecule has 1 aromatic rings. The van der Waals surface area contributed by atoms with Crippen molar-refractivity contribution in [1.82, 2.24) is 20.7 Å². The Morgan fingerprint density at radius 3 is 2.38 bits per heavy atom. The molecule has 0 unspecified atom stereocenters. The molecule has 1 rings (SSSR count). The van der Waals surface area contributed by atoms with Crippen molar-refractivity contribution >= 4 is 23.7 Å². The molecule has 0 aliphatic rings. The number of nitrogens with one attached hydrogen (secondary N) is 2. The molecule has 1 aromatic heterocycles. The molecule has 0 spiro atoms. The molecule has 146 valence electrons. The zero-order chi connectivity index (χ0) is 20.1. The van der Waals surface area contributed by atoms with Crippen molar-refractivity contribution in [1.29, 1.82) is 0 Å². The van der Waals surface area contributed by atoms with E-state index in [0.29, 0.717) is 12.3 Å². The first-order valence-electron chi connectivity index (χ1n) is 7.60. The fourth-order valence-corrected chi connectivity index (χ4v) is 1.93. The van der Waals surface area contributed by atoms with Crippen molar-refractivity contribution in [3.63, 3.8) is 0 Å². The van der Waals surface area contributed by atoms with E-state index < -0.39 is 29.5 Å². The lowest BCUT2D eigenvalue weighted by Crippen LogP contribution is -2.51. The van der Waals surface area contributed by atoms with E-state index in [1.54, 1.807) is 27.7 Å². The molecular weight excluding hydrogens is 377 g/mol. The Morgan fingerprint density at radius 2 is 1.92 bits per heavy atom. The molecule has 3 amide bonds. The van der Waals surface area contributed by atoms with Crippen molar-refractivity contribution in [3.8, 4) is 0 Å². The van der Waals surface area contributed by atoms with Gasteiger partial charge in [-0.25, -0.2) is 20.0 Å². The van der Waals surface area contributed by atoms with E-state index in [1.807, 2.05) is 0 Å². The monoisotopic (exact) mass is 396 g/mol. The van der Waals surface area contributed by atoms with Crippen LogP contribution in [0.1, 0.15) is 39.0 Å². The minimum atomic E-state index is -4.59. The molecule has 0 atom stereocenters. The number of amides is 3. The Morgan fingerprint density at radius 1 is 1.31 bits per heavy atom. The maximum atomic E-state index is 12.7. The summed E-state index contributed by atoms with van der Waals surface area (Å²) in [6, 6.07) is 0.00362. The molecule has 1 heterocycles. The summed E-state index contributed by atoms with van der Waals surface area (Å²) in [5.41, 5.74) is 0.370. The summed E-state index contributed by atoms with van der Waals surface area (Å²) in [6.45, 7) is 6.47. The number of hydrogen-bond acceptors (Lipinski definition) is 4. The quantitative estimate of drug-likeness (QED) is 0.762. The second-order valence-corrected chi connectivity index (χ2v) is 6.59. The normalized spacial score (nSPS) is 11.7. The zero-order valence-corrected chi connectivity index (χ0v) is 15.5. The van der Waals surface area contributed by atoms with Crippen LogP contribution in [0, 0.1) is 0 Å². The van der Waals surface area contributed by atoms with Crippen LogP contribution in [0.3, 0.4) is 0 Å². The third kappa shape index (κ3) is 6.95. The summed E-state index contributed by atoms with van der Waals surface area (Å²) in [7, 11) is 0. The number of alkyl halides is 3. The molecule has 0 aliphatic heterocycles. The number of hydrogen-bond donors (Lipinski definition) is 2. The highest BCUT2D eigenvalue weighted by atomic mass is 35.5. The van der Waals surface area contributed by atoms with Gasteiger partial charge in [0.1, 0.15) is 5.60 Å². The summed E-state index contributed by atoms with van der Waals surface area (Å²) < 4.78 is 43.1. The highest BCUT2D eigenvalue weighted by molar-refractivity contribution is 6.31. The molecule has 0 bridgehead atoms. The van der Waals surface area contributed by atoms with E-state index in [2.05, 4.69) is 15.7 Å². The lowest BCUT2D eigenvalue weighted by molar-refractivity contribution is -0.137. The number of urea groups is 1. The molecule has 0 aliphatic carbocycles. The number of hydrazine groups is 1. The van der Waals surface area contributed by atoms with Crippen LogP contribution in [0.25, 0.3) is 0 Å². The number of carbonyl (C=O) groups excluding carboxylic acids is 2. The summed E-state index contributed by atoms with van der Waals surface area (Å²) >= 11 is 5.84. The first-order chi connectivity index (χ1) is 11.8. The van der Waals surface area contributed by atoms with E-state index in [0.717, 1.165) is 5.01 Å². The van der Waals surface area contributed by atoms with Gasteiger partial charge < -0.3 is 10.1 Å². The van der Waals surface area contributed by atoms with Gasteiger partial charge in [-0.2, -0.15) is 13.2 Å². The van der Waals surface area contributed by atoms with Crippen LogP contribution in [0.4, 0.5) is 22.8 Å². The van der Waals surface area contributed by atoms with E-state index in [9.17, 15) is 22.8 Å². The Balaban J connectivity index is 2.99. The molecule has 0 radical (unpaired) electrons. The second-order valence-electron chi connectivity index (χ2n) is 6.19. The fourth-order valence-electron chi connectivity index (χ4n) is 1.71. The molecule has 0 aromatic carbocycles. The highest BCUT2D eigenvalue weighted by Gasteiger charge is 2.32. The number of halogens is 4. The molecule has 0 saturated heterocycles. The van der Waals surface area contributed by atoms with Gasteiger partial charge in [-0.05, 0) is 33.8 Å². The number of nitrogens with zero attached hydrogens (tertiary/aromatic N) is 2. The standard InChI is InChI=1S/C15H20ClF3N4O3/c1-5-20-12(24)23(22-13(25)26-14(2,3)4)8-11-10(16)6-9(7-21-11)15(17,18)19/h6-7H,5,8H2,1-4H3,(H,20,24)(H,22,25). The predicted octanol–water partition coefficient (Wildman–Crippen LogP) is 3.73. The summed E-state index contributed by atoms with van der Waals surface area (Å²) in [5, 5.41) is 2.98. The smallest absolute Gasteiger partial charge is 0.426 e. The van der Waals surface area contributed by atoms with Gasteiger partial charge in [0.25, 0.3) is 0 Å². The second kappa shape index (κ2) is 8.43. The van der Waals surface area contributed by atoms with Gasteiger partial charge in [-0.15, -0.1) is 0 Å². The Bertz CT molecular complexity index is 663. The molecule has 0 fully saturated rings. The van der Waals surface area contributed by atoms with Gasteiger partial charge in [0, 0.05) is 12.7 Å². The Labute approximate surface area is 153 Å². The van der Waals surface area contributed by atoms with Crippen molar-refractivity contribution in [2.24, 2.45) is 0 Å². The molecular formula is C15H20ClF3N4O3. The van der Waals surface area contributed by atoms with Crippen molar-refractivity contribution < 1.29 is 27.5 Å². The van der Waals surface area contributed by atoms with E-state index in [1.165, 1.54) is 0 Å². The largest absolute Gasteiger partial charge is 0.443 e. The van der Waals surface area contributed by atoms with Crippen LogP contribution >= 0.6 is 11.6 Å². The van der Waals surface area contributed by atoms with Gasteiger partial charge in [0.2, 0.25) is 0 Å². The average Bonchev–Trinajstić information content (AvgIpc) is 2.45. The number of pyridine rings is 1. The van der Waals surface area contributed by atoms with Gasteiger partial charge in [0.15, 0.2) is 0 Å². The third-order valence-electron chi connectivity index (χ3n) is 2.75. The third-order valence-corrected chi connectivity index (χ3v) is 3.08. The van der Waals surface area contributed by atoms with Crippen LogP contribution in [0.2, 0.25) is 5.02 Å². The topological polar surface area (TPSA) is 83.6 Å². The van der Waals surface area contributed by atoms with Crippen molar-refractivity contribution in [3.05, 3.63) is 28.5 Å². The predicted molar refractivity (Wildman–Crippen MR) is 88.2 cm³/mol. The maximum absolute atomic E-state index is 12.7. The molecule has 26 heavy (non-hydrogen) atoms. The lowest BCUT2D eigenvalue weighted by atomic mass is 10.2. The van der Waals surface area contributed by atoms with Gasteiger partial charge >= 0.3 is 18.3 Å². The maximum Gasteiger partial charge on any atom is 0.426 e. The molecule has 0 saturated carbocycles. The van der Waals surface area contributed by atoms with Gasteiger partial charge in [-0.3, -0.25) is 4.98 Å². The summed E-state index contributed by atoms with van der Waals surface area (Å²) in [6.07, 6.45) is -4.90. The Kier molecular flexibility index (Phi) is 7.08. The number of aromatic nitrogens is 1. The fraction of sp³-hybridized carbons (Fsp3) is 0.533. The Hall–Kier alpha value is -2.23. The van der Waals surface area contributed by atoms with Crippen molar-refractivity contribution in [2.45, 2.75) is 46.0 Å². The first-order valence-corrected chi connectivity index (χ1v) is 7.98. The van der Waals surface area contributed by atoms with Crippen LogP contribution in [0.5, 0.6) is 0 Å². The average molecular weight is 397 g/mol. The van der Waals surface area contributed by atoms with Crippen LogP contribution in [-0.4, -0.2) is 34.3 Å². The van der Waals surface area contributed by atoms with Crippen LogP contribution in [-0.2, 0) is 17.5 Å². The highest BCUT2D eigenvalue weighted by Crippen LogP contribution is 2.31. The molecule has 7 nitrogen and oxygen atoms in total. The molecule has 2 N–H and O–H groups in total. The minimum Gasteiger partial charge on any atom is -0.443 e. The number of ether oxygens (including phenoxy) is 1. The van der Waals surface area contributed by atoms with Gasteiger partial charge in [0.05, 0.1) is 22.8 Å². The van der Waals surface area contributed by atoms with Crippen molar-refractivity contribution in [2.75, 3.05) is 6.54 Å². The lowest BCUT2D eigenvalue weighted by Gasteiger charge is -2.26. The van der Waals surface area contributed by atoms with E-state index >= 15 is 0 Å². The van der Waals surface area contributed by atoms with E-state index in [4.69, 9.17) is 16.3 Å². The number of carbonyl (C=O) groups is 2. The van der Waals surface area contributed by atoms with Crippen LogP contribution < -0.4 is 10.7 Å². The summed E-state index contributed by atoms with van der Waals surface area (Å²) in [5.74, 6) is 0. The first kappa shape index (κ1) is 21.8. The molecule has 11 heteroatoms. The summed E-state index contributed by atoms with van der Waals surface area (Å²) in [4.78, 5) is 27.6.